The van der Waals surface area contributed by atoms with Crippen LogP contribution in [-0.4, -0.2) is 28.0 Å². The van der Waals surface area contributed by atoms with Gasteiger partial charge in [-0.15, -0.1) is 0 Å². The van der Waals surface area contributed by atoms with E-state index in [-0.39, 0.29) is 16.5 Å². The number of carbonyl (C=O) groups excluding carboxylic acids is 1. The van der Waals surface area contributed by atoms with Gasteiger partial charge in [0, 0.05) is 0 Å². The van der Waals surface area contributed by atoms with Crippen LogP contribution in [0.15, 0.2) is 65.6 Å². The van der Waals surface area contributed by atoms with Crippen LogP contribution in [0.4, 0.5) is 18.9 Å². The molecule has 0 saturated heterocycles. The highest BCUT2D eigenvalue weighted by Crippen LogP contribution is 2.34. The van der Waals surface area contributed by atoms with E-state index in [1.165, 1.54) is 18.2 Å². The number of nitrogens with one attached hydrogen (secondary N) is 1. The largest absolute Gasteiger partial charge is 0.496 e. The van der Waals surface area contributed by atoms with Crippen LogP contribution < -0.4 is 14.4 Å². The Morgan fingerprint density at radius 3 is 2.18 bits per heavy atom. The Morgan fingerprint density at radius 1 is 0.974 bits per heavy atom. The molecule has 0 spiro atoms. The smallest absolute Gasteiger partial charge is 0.416 e. The van der Waals surface area contributed by atoms with Gasteiger partial charge in [-0.2, -0.15) is 13.2 Å². The molecule has 0 heterocycles. The van der Waals surface area contributed by atoms with E-state index in [4.69, 9.17) is 4.74 Å². The van der Waals surface area contributed by atoms with Crippen molar-refractivity contribution in [2.45, 2.75) is 57.7 Å². The van der Waals surface area contributed by atoms with Gasteiger partial charge in [-0.1, -0.05) is 37.6 Å². The summed E-state index contributed by atoms with van der Waals surface area (Å²) in [4.78, 5) is 13.1. The van der Waals surface area contributed by atoms with Gasteiger partial charge in [-0.05, 0) is 85.8 Å². The van der Waals surface area contributed by atoms with Gasteiger partial charge in [0.05, 0.1) is 29.3 Å². The normalized spacial score (nSPS) is 12.8. The van der Waals surface area contributed by atoms with Crippen molar-refractivity contribution >= 4 is 21.6 Å². The lowest BCUT2D eigenvalue weighted by Crippen LogP contribution is -2.41. The summed E-state index contributed by atoms with van der Waals surface area (Å²) >= 11 is 0. The van der Waals surface area contributed by atoms with Crippen LogP contribution in [-0.2, 0) is 21.0 Å². The molecule has 0 aliphatic rings. The number of carbonyl (C=O) groups is 1. The lowest BCUT2D eigenvalue weighted by molar-refractivity contribution is -0.137. The maximum absolute atomic E-state index is 13.6. The van der Waals surface area contributed by atoms with Gasteiger partial charge in [0.15, 0.2) is 0 Å². The first kappa shape index (κ1) is 30.0. The fourth-order valence-corrected chi connectivity index (χ4v) is 5.71. The number of anilines is 1. The van der Waals surface area contributed by atoms with Crippen LogP contribution in [0, 0.1) is 13.8 Å². The number of alkyl halides is 3. The zero-order valence-corrected chi connectivity index (χ0v) is 23.6. The number of amides is 1. The van der Waals surface area contributed by atoms with Crippen molar-refractivity contribution in [3.63, 3.8) is 0 Å². The molecular weight excluding hydrogens is 529 g/mol. The quantitative estimate of drug-likeness (QED) is 0.322. The first-order valence-corrected chi connectivity index (χ1v) is 13.8. The number of benzene rings is 3. The fourth-order valence-electron chi connectivity index (χ4n) is 4.30. The zero-order valence-electron chi connectivity index (χ0n) is 22.8. The van der Waals surface area contributed by atoms with Gasteiger partial charge in [0.2, 0.25) is 5.91 Å². The minimum atomic E-state index is -4.69. The summed E-state index contributed by atoms with van der Waals surface area (Å²) in [6, 6.07) is 13.1. The minimum Gasteiger partial charge on any atom is -0.496 e. The molecule has 0 aromatic heterocycles. The first-order chi connectivity index (χ1) is 18.1. The van der Waals surface area contributed by atoms with Crippen molar-refractivity contribution < 1.29 is 31.1 Å². The Balaban J connectivity index is 1.98. The maximum atomic E-state index is 13.6. The Labute approximate surface area is 227 Å². The van der Waals surface area contributed by atoms with Crippen LogP contribution in [0.25, 0.3) is 0 Å². The molecule has 3 aromatic carbocycles. The van der Waals surface area contributed by atoms with Gasteiger partial charge in [0.25, 0.3) is 10.0 Å². The van der Waals surface area contributed by atoms with E-state index in [1.807, 2.05) is 32.9 Å². The van der Waals surface area contributed by atoms with Crippen molar-refractivity contribution in [2.75, 3.05) is 18.0 Å². The van der Waals surface area contributed by atoms with Crippen LogP contribution in [0.5, 0.6) is 5.75 Å². The van der Waals surface area contributed by atoms with Crippen molar-refractivity contribution in [2.24, 2.45) is 0 Å². The third-order valence-corrected chi connectivity index (χ3v) is 8.23. The topological polar surface area (TPSA) is 75.7 Å². The van der Waals surface area contributed by atoms with Crippen molar-refractivity contribution in [1.82, 2.24) is 5.32 Å². The second-order valence-electron chi connectivity index (χ2n) is 9.77. The van der Waals surface area contributed by atoms with Gasteiger partial charge in [-0.25, -0.2) is 8.42 Å². The Hall–Kier alpha value is -3.53. The molecular formula is C29H33F3N2O4S. The van der Waals surface area contributed by atoms with E-state index >= 15 is 0 Å². The molecule has 0 aliphatic heterocycles. The molecule has 0 fully saturated rings. The van der Waals surface area contributed by atoms with Crippen LogP contribution in [0.1, 0.15) is 60.5 Å². The van der Waals surface area contributed by atoms with Gasteiger partial charge >= 0.3 is 6.18 Å². The van der Waals surface area contributed by atoms with E-state index in [0.717, 1.165) is 46.2 Å². The molecule has 0 radical (unpaired) electrons. The molecule has 39 heavy (non-hydrogen) atoms. The van der Waals surface area contributed by atoms with E-state index in [9.17, 15) is 26.4 Å². The molecule has 1 amide bonds. The average molecular weight is 563 g/mol. The molecule has 3 rings (SSSR count). The van der Waals surface area contributed by atoms with E-state index in [0.29, 0.717) is 4.31 Å². The van der Waals surface area contributed by atoms with Crippen LogP contribution in [0.2, 0.25) is 0 Å². The summed E-state index contributed by atoms with van der Waals surface area (Å²) in [7, 11) is -2.79. The molecule has 0 aliphatic carbocycles. The number of hydrogen-bond donors (Lipinski definition) is 1. The summed E-state index contributed by atoms with van der Waals surface area (Å²) in [6.07, 6.45) is -4.69. The summed E-state index contributed by atoms with van der Waals surface area (Å²) in [5, 5.41) is 2.81. The molecule has 10 heteroatoms. The lowest BCUT2D eigenvalue weighted by atomic mass is 9.93. The zero-order chi connectivity index (χ0) is 29.1. The lowest BCUT2D eigenvalue weighted by Gasteiger charge is -2.26. The molecule has 210 valence electrons. The maximum Gasteiger partial charge on any atom is 0.416 e. The summed E-state index contributed by atoms with van der Waals surface area (Å²) in [5.41, 5.74) is 2.16. The summed E-state index contributed by atoms with van der Waals surface area (Å²) in [6.45, 7) is 8.74. The number of halogens is 3. The predicted octanol–water partition coefficient (Wildman–Crippen LogP) is 6.53. The minimum absolute atomic E-state index is 0.140. The number of aryl methyl sites for hydroxylation is 2. The monoisotopic (exact) mass is 562 g/mol. The van der Waals surface area contributed by atoms with Crippen molar-refractivity contribution in [1.29, 1.82) is 0 Å². The number of hydrogen-bond acceptors (Lipinski definition) is 4. The Morgan fingerprint density at radius 2 is 1.62 bits per heavy atom. The second-order valence-corrected chi connectivity index (χ2v) is 11.6. The Kier molecular flexibility index (Phi) is 9.00. The number of sulfonamides is 1. The highest BCUT2D eigenvalue weighted by atomic mass is 32.2. The second kappa shape index (κ2) is 11.7. The third-order valence-electron chi connectivity index (χ3n) is 6.44. The SMILES string of the molecule is COc1cc(C)c([C@H](C)NC(=O)CN(c2cccc(C(F)(F)F)c2)S(=O)(=O)c2ccc(C)cc2)cc1C(C)C. The molecule has 1 atom stereocenters. The van der Waals surface area contributed by atoms with Crippen molar-refractivity contribution in [3.05, 3.63) is 88.5 Å². The summed E-state index contributed by atoms with van der Waals surface area (Å²) < 4.78 is 73.7. The average Bonchev–Trinajstić information content (AvgIpc) is 2.86. The molecule has 0 bridgehead atoms. The van der Waals surface area contributed by atoms with E-state index in [1.54, 1.807) is 33.1 Å². The van der Waals surface area contributed by atoms with Gasteiger partial charge in [-0.3, -0.25) is 9.10 Å². The van der Waals surface area contributed by atoms with Crippen LogP contribution in [0.3, 0.4) is 0 Å². The van der Waals surface area contributed by atoms with Crippen LogP contribution >= 0.6 is 0 Å². The molecule has 1 N–H and O–H groups in total. The van der Waals surface area contributed by atoms with Gasteiger partial charge < -0.3 is 10.1 Å². The van der Waals surface area contributed by atoms with Gasteiger partial charge in [0.1, 0.15) is 12.3 Å². The highest BCUT2D eigenvalue weighted by Gasteiger charge is 2.33. The van der Waals surface area contributed by atoms with E-state index in [2.05, 4.69) is 5.32 Å². The third kappa shape index (κ3) is 6.92. The first-order valence-electron chi connectivity index (χ1n) is 12.4. The number of ether oxygens (including phenoxy) is 1. The Bertz CT molecular complexity index is 1440. The van der Waals surface area contributed by atoms with Crippen molar-refractivity contribution in [3.8, 4) is 5.75 Å². The standard InChI is InChI=1S/C29H33F3N2O4S/c1-18(2)25-16-26(20(4)14-27(25)38-6)21(5)33-28(35)17-34(23-9-7-8-22(15-23)29(30,31)32)39(36,37)24-12-10-19(3)11-13-24/h7-16,18,21H,17H2,1-6H3,(H,33,35)/t21-/m0/s1. The highest BCUT2D eigenvalue weighted by molar-refractivity contribution is 7.92. The molecule has 0 saturated carbocycles. The van der Waals surface area contributed by atoms with E-state index < -0.39 is 40.3 Å². The molecule has 3 aromatic rings. The molecule has 0 unspecified atom stereocenters. The fraction of sp³-hybridized carbons (Fsp3) is 0.345. The number of rotatable bonds is 9. The number of nitrogens with zero attached hydrogens (tertiary/aromatic N) is 1. The summed E-state index contributed by atoms with van der Waals surface area (Å²) in [5.74, 6) is 0.208. The molecule has 6 nitrogen and oxygen atoms in total. The number of methoxy groups -OCH3 is 1. The predicted molar refractivity (Wildman–Crippen MR) is 146 cm³/mol.